The van der Waals surface area contributed by atoms with E-state index in [0.29, 0.717) is 24.8 Å². The molecule has 0 aliphatic carbocycles. The molecule has 0 saturated carbocycles. The molecule has 0 aliphatic rings. The molecular formula is C14H22N2O2. The lowest BCUT2D eigenvalue weighted by Crippen LogP contribution is -2.38. The van der Waals surface area contributed by atoms with Crippen molar-refractivity contribution in [3.05, 3.63) is 29.8 Å². The molecule has 4 nitrogen and oxygen atoms in total. The monoisotopic (exact) mass is 250 g/mol. The SMILES string of the molecule is CC(C)CNC(=O)C(C)Oc1ccccc1CN. The van der Waals surface area contributed by atoms with Gasteiger partial charge in [0.1, 0.15) is 5.75 Å². The van der Waals surface area contributed by atoms with Gasteiger partial charge in [0.25, 0.3) is 5.91 Å². The maximum absolute atomic E-state index is 11.8. The Morgan fingerprint density at radius 2 is 2.00 bits per heavy atom. The molecule has 0 bridgehead atoms. The molecule has 100 valence electrons. The average molecular weight is 250 g/mol. The van der Waals surface area contributed by atoms with Crippen LogP contribution in [0.2, 0.25) is 0 Å². The smallest absolute Gasteiger partial charge is 0.260 e. The van der Waals surface area contributed by atoms with E-state index in [-0.39, 0.29) is 5.91 Å². The van der Waals surface area contributed by atoms with E-state index in [9.17, 15) is 4.79 Å². The number of hydrogen-bond acceptors (Lipinski definition) is 3. The zero-order valence-corrected chi connectivity index (χ0v) is 11.3. The second-order valence-corrected chi connectivity index (χ2v) is 4.71. The lowest BCUT2D eigenvalue weighted by molar-refractivity contribution is -0.127. The molecule has 0 aromatic heterocycles. The van der Waals surface area contributed by atoms with Gasteiger partial charge in [-0.25, -0.2) is 0 Å². The summed E-state index contributed by atoms with van der Waals surface area (Å²) in [6, 6.07) is 7.49. The number of hydrogen-bond donors (Lipinski definition) is 2. The van der Waals surface area contributed by atoms with Gasteiger partial charge in [0.15, 0.2) is 6.10 Å². The first-order valence-electron chi connectivity index (χ1n) is 6.27. The largest absolute Gasteiger partial charge is 0.481 e. The Morgan fingerprint density at radius 1 is 1.33 bits per heavy atom. The average Bonchev–Trinajstić information content (AvgIpc) is 2.36. The number of carbonyl (C=O) groups is 1. The molecule has 1 atom stereocenters. The second-order valence-electron chi connectivity index (χ2n) is 4.71. The Balaban J connectivity index is 2.58. The molecule has 1 aromatic rings. The highest BCUT2D eigenvalue weighted by atomic mass is 16.5. The number of ether oxygens (including phenoxy) is 1. The highest BCUT2D eigenvalue weighted by Crippen LogP contribution is 2.18. The number of amides is 1. The third-order valence-electron chi connectivity index (χ3n) is 2.55. The van der Waals surface area contributed by atoms with Gasteiger partial charge in [-0.05, 0) is 18.9 Å². The quantitative estimate of drug-likeness (QED) is 0.807. The molecule has 0 aliphatic heterocycles. The van der Waals surface area contributed by atoms with Gasteiger partial charge in [0.05, 0.1) is 0 Å². The van der Waals surface area contributed by atoms with Crippen LogP contribution in [0.3, 0.4) is 0 Å². The maximum Gasteiger partial charge on any atom is 0.260 e. The Morgan fingerprint density at radius 3 is 2.61 bits per heavy atom. The Hall–Kier alpha value is -1.55. The summed E-state index contributed by atoms with van der Waals surface area (Å²) in [7, 11) is 0. The molecule has 0 spiro atoms. The van der Waals surface area contributed by atoms with Crippen LogP contribution in [0.1, 0.15) is 26.3 Å². The summed E-state index contributed by atoms with van der Waals surface area (Å²) in [5.41, 5.74) is 6.52. The van der Waals surface area contributed by atoms with Crippen LogP contribution in [0.15, 0.2) is 24.3 Å². The Labute approximate surface area is 109 Å². The van der Waals surface area contributed by atoms with Gasteiger partial charge in [-0.3, -0.25) is 4.79 Å². The summed E-state index contributed by atoms with van der Waals surface area (Å²) in [5, 5.41) is 2.84. The van der Waals surface area contributed by atoms with Gasteiger partial charge in [0.2, 0.25) is 0 Å². The predicted molar refractivity (Wildman–Crippen MR) is 72.3 cm³/mol. The third-order valence-corrected chi connectivity index (χ3v) is 2.55. The van der Waals surface area contributed by atoms with Crippen LogP contribution in [0, 0.1) is 5.92 Å². The van der Waals surface area contributed by atoms with E-state index >= 15 is 0 Å². The fourth-order valence-electron chi connectivity index (χ4n) is 1.48. The zero-order chi connectivity index (χ0) is 13.5. The molecule has 1 amide bonds. The summed E-state index contributed by atoms with van der Waals surface area (Å²) in [4.78, 5) is 11.8. The molecular weight excluding hydrogens is 228 g/mol. The van der Waals surface area contributed by atoms with Crippen LogP contribution in [0.25, 0.3) is 0 Å². The van der Waals surface area contributed by atoms with Crippen LogP contribution < -0.4 is 15.8 Å². The second kappa shape index (κ2) is 7.01. The van der Waals surface area contributed by atoms with Crippen LogP contribution in [-0.2, 0) is 11.3 Å². The van der Waals surface area contributed by atoms with Crippen molar-refractivity contribution < 1.29 is 9.53 Å². The van der Waals surface area contributed by atoms with Gasteiger partial charge in [0, 0.05) is 18.7 Å². The first kappa shape index (κ1) is 14.5. The fourth-order valence-corrected chi connectivity index (χ4v) is 1.48. The first-order valence-corrected chi connectivity index (χ1v) is 6.27. The van der Waals surface area contributed by atoms with Gasteiger partial charge in [-0.2, -0.15) is 0 Å². The number of nitrogens with one attached hydrogen (secondary N) is 1. The van der Waals surface area contributed by atoms with Gasteiger partial charge < -0.3 is 15.8 Å². The normalized spacial score (nSPS) is 12.3. The molecule has 18 heavy (non-hydrogen) atoms. The van der Waals surface area contributed by atoms with E-state index in [2.05, 4.69) is 19.2 Å². The van der Waals surface area contributed by atoms with Gasteiger partial charge >= 0.3 is 0 Å². The van der Waals surface area contributed by atoms with Crippen molar-refractivity contribution >= 4 is 5.91 Å². The van der Waals surface area contributed by atoms with E-state index in [1.54, 1.807) is 6.92 Å². The first-order chi connectivity index (χ1) is 8.54. The molecule has 0 radical (unpaired) electrons. The van der Waals surface area contributed by atoms with Crippen LogP contribution in [0.5, 0.6) is 5.75 Å². The van der Waals surface area contributed by atoms with E-state index < -0.39 is 6.10 Å². The zero-order valence-electron chi connectivity index (χ0n) is 11.3. The molecule has 4 heteroatoms. The maximum atomic E-state index is 11.8. The van der Waals surface area contributed by atoms with Gasteiger partial charge in [-0.1, -0.05) is 32.0 Å². The highest BCUT2D eigenvalue weighted by molar-refractivity contribution is 5.80. The van der Waals surface area contributed by atoms with Crippen LogP contribution in [0.4, 0.5) is 0 Å². The minimum atomic E-state index is -0.517. The summed E-state index contributed by atoms with van der Waals surface area (Å²) >= 11 is 0. The van der Waals surface area contributed by atoms with Gasteiger partial charge in [-0.15, -0.1) is 0 Å². The summed E-state index contributed by atoms with van der Waals surface area (Å²) in [6.07, 6.45) is -0.517. The lowest BCUT2D eigenvalue weighted by atomic mass is 10.2. The van der Waals surface area contributed by atoms with Crippen molar-refractivity contribution in [2.75, 3.05) is 6.54 Å². The van der Waals surface area contributed by atoms with E-state index in [0.717, 1.165) is 5.56 Å². The molecule has 3 N–H and O–H groups in total. The fraction of sp³-hybridized carbons (Fsp3) is 0.500. The Kier molecular flexibility index (Phi) is 5.65. The van der Waals surface area contributed by atoms with Crippen LogP contribution in [-0.4, -0.2) is 18.6 Å². The number of nitrogens with two attached hydrogens (primary N) is 1. The summed E-state index contributed by atoms with van der Waals surface area (Å²) in [6.45, 7) is 6.90. The van der Waals surface area contributed by atoms with Crippen molar-refractivity contribution in [3.63, 3.8) is 0 Å². The topological polar surface area (TPSA) is 64.3 Å². The third kappa shape index (κ3) is 4.37. The predicted octanol–water partition coefficient (Wildman–Crippen LogP) is 1.68. The van der Waals surface area contributed by atoms with Crippen molar-refractivity contribution in [3.8, 4) is 5.75 Å². The van der Waals surface area contributed by atoms with Crippen molar-refractivity contribution in [1.82, 2.24) is 5.32 Å². The molecule has 1 unspecified atom stereocenters. The van der Waals surface area contributed by atoms with Crippen molar-refractivity contribution in [2.24, 2.45) is 11.7 Å². The molecule has 1 aromatic carbocycles. The molecule has 0 heterocycles. The van der Waals surface area contributed by atoms with Crippen molar-refractivity contribution in [2.45, 2.75) is 33.4 Å². The van der Waals surface area contributed by atoms with E-state index in [4.69, 9.17) is 10.5 Å². The number of para-hydroxylation sites is 1. The summed E-state index contributed by atoms with van der Waals surface area (Å²) in [5.74, 6) is 1.00. The van der Waals surface area contributed by atoms with Crippen LogP contribution >= 0.6 is 0 Å². The molecule has 0 saturated heterocycles. The summed E-state index contributed by atoms with van der Waals surface area (Å²) < 4.78 is 5.64. The number of rotatable bonds is 6. The molecule has 0 fully saturated rings. The minimum absolute atomic E-state index is 0.101. The molecule has 1 rings (SSSR count). The van der Waals surface area contributed by atoms with E-state index in [1.165, 1.54) is 0 Å². The van der Waals surface area contributed by atoms with Crippen molar-refractivity contribution in [1.29, 1.82) is 0 Å². The minimum Gasteiger partial charge on any atom is -0.481 e. The van der Waals surface area contributed by atoms with E-state index in [1.807, 2.05) is 24.3 Å². The number of benzene rings is 1. The Bertz CT molecular complexity index is 391. The number of carbonyl (C=O) groups excluding carboxylic acids is 1. The highest BCUT2D eigenvalue weighted by Gasteiger charge is 2.15. The lowest BCUT2D eigenvalue weighted by Gasteiger charge is -2.17. The standard InChI is InChI=1S/C14H22N2O2/c1-10(2)9-16-14(17)11(3)18-13-7-5-4-6-12(13)8-15/h4-7,10-11H,8-9,15H2,1-3H3,(H,16,17).